The fraction of sp³-hybridized carbons (Fsp3) is 0.409. The number of amides is 4. The minimum atomic E-state index is -0.291. The summed E-state index contributed by atoms with van der Waals surface area (Å²) in [6.45, 7) is 6.52. The summed E-state index contributed by atoms with van der Waals surface area (Å²) in [5.41, 5.74) is 2.34. The molecule has 8 heteroatoms. The molecule has 0 spiro atoms. The van der Waals surface area contributed by atoms with Crippen LogP contribution in [0.25, 0.3) is 0 Å². The Labute approximate surface area is 181 Å². The van der Waals surface area contributed by atoms with E-state index in [0.717, 1.165) is 13.1 Å². The van der Waals surface area contributed by atoms with E-state index in [1.165, 1.54) is 10.5 Å². The molecule has 1 aliphatic heterocycles. The molecule has 0 saturated carbocycles. The molecule has 2 aromatic rings. The fourth-order valence-electron chi connectivity index (χ4n) is 3.69. The molecular formula is C22H28N4O3S. The quantitative estimate of drug-likeness (QED) is 0.623. The molecule has 1 aromatic carbocycles. The number of imide groups is 1. The number of hydrogen-bond donors (Lipinski definition) is 2. The summed E-state index contributed by atoms with van der Waals surface area (Å²) in [4.78, 5) is 40.0. The van der Waals surface area contributed by atoms with Crippen molar-refractivity contribution in [3.8, 4) is 0 Å². The molecule has 30 heavy (non-hydrogen) atoms. The zero-order chi connectivity index (χ0) is 21.5. The van der Waals surface area contributed by atoms with Gasteiger partial charge in [-0.15, -0.1) is 0 Å². The molecule has 3 rings (SSSR count). The molecule has 2 heterocycles. The first-order valence-electron chi connectivity index (χ1n) is 10.3. The lowest BCUT2D eigenvalue weighted by atomic mass is 10.1. The van der Waals surface area contributed by atoms with E-state index in [1.54, 1.807) is 35.6 Å². The minimum absolute atomic E-state index is 0.121. The third kappa shape index (κ3) is 5.25. The van der Waals surface area contributed by atoms with E-state index in [2.05, 4.69) is 40.8 Å². The molecule has 1 atom stereocenters. The van der Waals surface area contributed by atoms with E-state index in [4.69, 9.17) is 0 Å². The number of hydrogen-bond acceptors (Lipinski definition) is 5. The largest absolute Gasteiger partial charge is 0.336 e. The van der Waals surface area contributed by atoms with Crippen molar-refractivity contribution < 1.29 is 14.4 Å². The molecule has 0 aliphatic carbocycles. The Kier molecular flexibility index (Phi) is 7.59. The van der Waals surface area contributed by atoms with Gasteiger partial charge in [0.2, 0.25) is 11.8 Å². The van der Waals surface area contributed by atoms with Crippen LogP contribution in [-0.4, -0.2) is 42.4 Å². The lowest BCUT2D eigenvalue weighted by molar-refractivity contribution is -0.129. The third-order valence-corrected chi connectivity index (χ3v) is 6.00. The van der Waals surface area contributed by atoms with Crippen LogP contribution in [0.1, 0.15) is 44.7 Å². The molecule has 1 fully saturated rings. The second kappa shape index (κ2) is 10.4. The van der Waals surface area contributed by atoms with E-state index in [0.29, 0.717) is 37.2 Å². The fourth-order valence-corrected chi connectivity index (χ4v) is 4.39. The number of nitrogens with zero attached hydrogens (tertiary/aromatic N) is 2. The van der Waals surface area contributed by atoms with Gasteiger partial charge >= 0.3 is 6.03 Å². The van der Waals surface area contributed by atoms with Gasteiger partial charge in [0, 0.05) is 25.1 Å². The van der Waals surface area contributed by atoms with Crippen LogP contribution in [0.2, 0.25) is 0 Å². The lowest BCUT2D eigenvalue weighted by Crippen LogP contribution is -2.40. The van der Waals surface area contributed by atoms with Crippen molar-refractivity contribution in [3.63, 3.8) is 0 Å². The molecule has 2 N–H and O–H groups in total. The Bertz CT molecular complexity index is 847. The Hall–Kier alpha value is -2.71. The summed E-state index contributed by atoms with van der Waals surface area (Å²) >= 11 is 1.65. The van der Waals surface area contributed by atoms with Crippen LogP contribution < -0.4 is 15.5 Å². The maximum absolute atomic E-state index is 12.4. The highest BCUT2D eigenvalue weighted by molar-refractivity contribution is 7.08. The Morgan fingerprint density at radius 3 is 2.33 bits per heavy atom. The van der Waals surface area contributed by atoms with Crippen molar-refractivity contribution in [2.75, 3.05) is 29.9 Å². The van der Waals surface area contributed by atoms with E-state index < -0.39 is 0 Å². The van der Waals surface area contributed by atoms with Gasteiger partial charge in [0.15, 0.2) is 0 Å². The topological polar surface area (TPSA) is 81.8 Å². The van der Waals surface area contributed by atoms with E-state index >= 15 is 0 Å². The van der Waals surface area contributed by atoms with Gasteiger partial charge < -0.3 is 10.6 Å². The van der Waals surface area contributed by atoms with Crippen molar-refractivity contribution in [3.05, 3.63) is 46.7 Å². The van der Waals surface area contributed by atoms with Crippen LogP contribution in [0.4, 0.5) is 16.2 Å². The molecule has 7 nitrogen and oxygen atoms in total. The van der Waals surface area contributed by atoms with Crippen LogP contribution in [0.5, 0.6) is 0 Å². The van der Waals surface area contributed by atoms with Crippen molar-refractivity contribution in [1.82, 2.24) is 10.2 Å². The molecule has 1 unspecified atom stereocenters. The Morgan fingerprint density at radius 2 is 1.77 bits per heavy atom. The maximum Gasteiger partial charge on any atom is 0.319 e. The third-order valence-electron chi connectivity index (χ3n) is 5.30. The molecule has 160 valence electrons. The van der Waals surface area contributed by atoms with Gasteiger partial charge in [-0.25, -0.2) is 4.79 Å². The molecule has 1 aromatic heterocycles. The number of likely N-dealkylation sites (N-methyl/N-ethyl adjacent to an activating group) is 1. The van der Waals surface area contributed by atoms with Gasteiger partial charge in [0.25, 0.3) is 0 Å². The first-order chi connectivity index (χ1) is 14.5. The minimum Gasteiger partial charge on any atom is -0.336 e. The van der Waals surface area contributed by atoms with Crippen molar-refractivity contribution in [2.45, 2.75) is 39.2 Å². The van der Waals surface area contributed by atoms with Gasteiger partial charge in [-0.3, -0.25) is 19.4 Å². The molecular weight excluding hydrogens is 400 g/mol. The van der Waals surface area contributed by atoms with E-state index in [-0.39, 0.29) is 23.9 Å². The number of benzene rings is 1. The number of carbonyl (C=O) groups is 3. The summed E-state index contributed by atoms with van der Waals surface area (Å²) in [5, 5.41) is 9.93. The van der Waals surface area contributed by atoms with E-state index in [1.807, 2.05) is 5.38 Å². The highest BCUT2D eigenvalue weighted by atomic mass is 32.1. The summed E-state index contributed by atoms with van der Waals surface area (Å²) in [6.07, 6.45) is 1.37. The number of rotatable bonds is 8. The first kappa shape index (κ1) is 22.0. The van der Waals surface area contributed by atoms with Crippen LogP contribution in [0.15, 0.2) is 41.1 Å². The van der Waals surface area contributed by atoms with Gasteiger partial charge in [0.05, 0.1) is 11.7 Å². The zero-order valence-corrected chi connectivity index (χ0v) is 18.2. The van der Waals surface area contributed by atoms with Gasteiger partial charge in [-0.1, -0.05) is 13.8 Å². The summed E-state index contributed by atoms with van der Waals surface area (Å²) in [6, 6.07) is 8.68. The van der Waals surface area contributed by atoms with Crippen LogP contribution in [0.3, 0.4) is 0 Å². The second-order valence-corrected chi connectivity index (χ2v) is 7.93. The standard InChI is InChI=1S/C22H28N4O3S/c1-3-25(4-2)19(16-12-13-30-15-16)14-23-22(29)24-17-8-10-18(11-9-17)26-20(27)6-5-7-21(26)28/h8-13,15,19H,3-7,14H2,1-2H3,(H2,23,24,29). The summed E-state index contributed by atoms with van der Waals surface area (Å²) in [5.74, 6) is -0.360. The lowest BCUT2D eigenvalue weighted by Gasteiger charge is -2.29. The number of carbonyl (C=O) groups excluding carboxylic acids is 3. The number of anilines is 2. The summed E-state index contributed by atoms with van der Waals surface area (Å²) < 4.78 is 0. The number of thiophene rings is 1. The summed E-state index contributed by atoms with van der Waals surface area (Å²) in [7, 11) is 0. The van der Waals surface area contributed by atoms with Crippen molar-refractivity contribution in [2.24, 2.45) is 0 Å². The average Bonchev–Trinajstić information content (AvgIpc) is 3.26. The van der Waals surface area contributed by atoms with Crippen LogP contribution >= 0.6 is 11.3 Å². The predicted molar refractivity (Wildman–Crippen MR) is 120 cm³/mol. The number of urea groups is 1. The molecule has 1 aliphatic rings. The molecule has 0 radical (unpaired) electrons. The highest BCUT2D eigenvalue weighted by Crippen LogP contribution is 2.24. The normalized spacial score (nSPS) is 15.4. The van der Waals surface area contributed by atoms with Crippen LogP contribution in [-0.2, 0) is 9.59 Å². The van der Waals surface area contributed by atoms with Crippen LogP contribution in [0, 0.1) is 0 Å². The average molecular weight is 429 g/mol. The first-order valence-corrected chi connectivity index (χ1v) is 11.2. The number of piperidine rings is 1. The molecule has 0 bridgehead atoms. The smallest absolute Gasteiger partial charge is 0.319 e. The monoisotopic (exact) mass is 428 g/mol. The molecule has 4 amide bonds. The molecule has 1 saturated heterocycles. The second-order valence-electron chi connectivity index (χ2n) is 7.15. The van der Waals surface area contributed by atoms with E-state index in [9.17, 15) is 14.4 Å². The maximum atomic E-state index is 12.4. The highest BCUT2D eigenvalue weighted by Gasteiger charge is 2.27. The predicted octanol–water partition coefficient (Wildman–Crippen LogP) is 4.00. The van der Waals surface area contributed by atoms with Gasteiger partial charge in [-0.2, -0.15) is 11.3 Å². The SMILES string of the molecule is CCN(CC)C(CNC(=O)Nc1ccc(N2C(=O)CCCC2=O)cc1)c1ccsc1. The van der Waals surface area contributed by atoms with Gasteiger partial charge in [0.1, 0.15) is 0 Å². The van der Waals surface area contributed by atoms with Crippen molar-refractivity contribution >= 4 is 40.6 Å². The zero-order valence-electron chi connectivity index (χ0n) is 17.4. The number of nitrogens with one attached hydrogen (secondary N) is 2. The Morgan fingerprint density at radius 1 is 1.10 bits per heavy atom. The van der Waals surface area contributed by atoms with Gasteiger partial charge in [-0.05, 0) is 66.2 Å². The van der Waals surface area contributed by atoms with Crippen molar-refractivity contribution in [1.29, 1.82) is 0 Å². The Balaban J connectivity index is 1.59.